The maximum absolute atomic E-state index is 13.7. The van der Waals surface area contributed by atoms with E-state index in [2.05, 4.69) is 14.3 Å². The minimum atomic E-state index is -4.96. The summed E-state index contributed by atoms with van der Waals surface area (Å²) in [5.41, 5.74) is -1.60. The molecule has 1 aromatic carbocycles. The maximum Gasteiger partial charge on any atom is 0.511 e. The highest BCUT2D eigenvalue weighted by atomic mass is 35.5. The number of ether oxygens (including phenoxy) is 4. The minimum Gasteiger partial charge on any atom is -0.475 e. The van der Waals surface area contributed by atoms with Crippen LogP contribution in [0.5, 0.6) is 5.75 Å². The molecule has 0 amide bonds. The first kappa shape index (κ1) is 29.0. The van der Waals surface area contributed by atoms with Crippen molar-refractivity contribution in [3.8, 4) is 5.75 Å². The number of hydrogen-bond acceptors (Lipinski definition) is 9. The predicted molar refractivity (Wildman–Crippen MR) is 119 cm³/mol. The van der Waals surface area contributed by atoms with Crippen molar-refractivity contribution in [2.75, 3.05) is 20.0 Å². The molecule has 10 nitrogen and oxygen atoms in total. The second kappa shape index (κ2) is 10.8. The van der Waals surface area contributed by atoms with E-state index >= 15 is 0 Å². The number of carbonyl (C=O) groups is 2. The van der Waals surface area contributed by atoms with Gasteiger partial charge >= 0.3 is 18.3 Å². The lowest BCUT2D eigenvalue weighted by molar-refractivity contribution is -0.760. The Morgan fingerprint density at radius 2 is 1.72 bits per heavy atom. The van der Waals surface area contributed by atoms with Crippen LogP contribution in [0, 0.1) is 15.5 Å². The fourth-order valence-electron chi connectivity index (χ4n) is 2.98. The van der Waals surface area contributed by atoms with Crippen LogP contribution in [0.1, 0.15) is 45.7 Å². The second-order valence-electron chi connectivity index (χ2n) is 9.65. The zero-order valence-electron chi connectivity index (χ0n) is 20.1. The summed E-state index contributed by atoms with van der Waals surface area (Å²) in [6.07, 6.45) is -7.94. The number of benzene rings is 1. The van der Waals surface area contributed by atoms with Crippen LogP contribution in [0.3, 0.4) is 0 Å². The van der Waals surface area contributed by atoms with Gasteiger partial charge in [0.25, 0.3) is 5.09 Å². The predicted octanol–water partition coefficient (Wildman–Crippen LogP) is 5.23. The van der Waals surface area contributed by atoms with Gasteiger partial charge in [0.05, 0.1) is 5.57 Å². The van der Waals surface area contributed by atoms with Gasteiger partial charge in [-0.2, -0.15) is 13.2 Å². The highest BCUT2D eigenvalue weighted by Crippen LogP contribution is 2.42. The summed E-state index contributed by atoms with van der Waals surface area (Å²) in [6, 6.07) is 2.78. The summed E-state index contributed by atoms with van der Waals surface area (Å²) in [6.45, 7) is 6.72. The number of rotatable bonds is 8. The molecule has 0 saturated carbocycles. The molecule has 0 N–H and O–H groups in total. The molecule has 0 fully saturated rings. The molecule has 1 heterocycles. The number of halogens is 4. The molecule has 200 valence electrons. The lowest BCUT2D eigenvalue weighted by atomic mass is 9.85. The molecule has 1 aliphatic heterocycles. The number of hydrogen-bond donors (Lipinski definition) is 0. The van der Waals surface area contributed by atoms with Crippen molar-refractivity contribution < 1.29 is 51.6 Å². The van der Waals surface area contributed by atoms with Crippen molar-refractivity contribution in [2.45, 2.75) is 52.3 Å². The average Bonchev–Trinajstić information content (AvgIpc) is 2.73. The normalized spacial score (nSPS) is 15.7. The molecule has 1 aromatic rings. The van der Waals surface area contributed by atoms with Crippen molar-refractivity contribution >= 4 is 29.8 Å². The number of nitrogens with zero attached hydrogens (tertiary/aromatic N) is 1. The van der Waals surface area contributed by atoms with Crippen molar-refractivity contribution in [3.05, 3.63) is 44.0 Å². The molecular formula is C22H25ClF3NO9. The number of fused-ring (bicyclic) bond motifs is 1. The van der Waals surface area contributed by atoms with Crippen molar-refractivity contribution in [1.82, 2.24) is 0 Å². The fraction of sp³-hybridized carbons (Fsp3) is 0.545. The molecule has 0 radical (unpaired) electrons. The van der Waals surface area contributed by atoms with Gasteiger partial charge < -0.3 is 23.8 Å². The van der Waals surface area contributed by atoms with Gasteiger partial charge in [-0.3, -0.25) is 0 Å². The van der Waals surface area contributed by atoms with Crippen LogP contribution in [0.25, 0.3) is 6.08 Å². The van der Waals surface area contributed by atoms with E-state index < -0.39 is 52.7 Å². The zero-order chi connectivity index (χ0) is 27.5. The van der Waals surface area contributed by atoms with Gasteiger partial charge in [0.15, 0.2) is 0 Å². The van der Waals surface area contributed by atoms with Gasteiger partial charge in [0.2, 0.25) is 12.9 Å². The standard InChI is InChI=1S/C22H25ClF3NO9/c1-20(2,3)14-8-16-12(7-15(14)23)6-13(17(36-16)22(24,25)26)18(28)33-11-34-19(29)32-9-21(4,5)10-35-27(30)31/h6-8,17H,9-11H2,1-5H3/t17-/m0/s1. The SMILES string of the molecule is CC(C)(COC(=O)OCOC(=O)C1=Cc2cc(Cl)c(C(C)(C)C)cc2O[C@@H]1C(F)(F)F)CO[N+](=O)[O-]. The van der Waals surface area contributed by atoms with Crippen LogP contribution in [0.15, 0.2) is 17.7 Å². The molecule has 0 unspecified atom stereocenters. The van der Waals surface area contributed by atoms with Crippen molar-refractivity contribution in [1.29, 1.82) is 0 Å². The number of alkyl halides is 3. The summed E-state index contributed by atoms with van der Waals surface area (Å²) in [7, 11) is 0. The molecule has 0 aromatic heterocycles. The summed E-state index contributed by atoms with van der Waals surface area (Å²) in [5, 5.41) is 9.52. The topological polar surface area (TPSA) is 123 Å². The molecule has 1 atom stereocenters. The number of esters is 1. The Hall–Kier alpha value is -3.22. The molecule has 2 rings (SSSR count). The summed E-state index contributed by atoms with van der Waals surface area (Å²) in [4.78, 5) is 38.6. The smallest absolute Gasteiger partial charge is 0.475 e. The molecule has 36 heavy (non-hydrogen) atoms. The van der Waals surface area contributed by atoms with Crippen LogP contribution < -0.4 is 4.74 Å². The van der Waals surface area contributed by atoms with E-state index in [1.54, 1.807) is 0 Å². The van der Waals surface area contributed by atoms with Crippen LogP contribution >= 0.6 is 11.6 Å². The molecule has 0 saturated heterocycles. The Morgan fingerprint density at radius 3 is 2.28 bits per heavy atom. The Balaban J connectivity index is 2.08. The molecular weight excluding hydrogens is 515 g/mol. The molecule has 14 heteroatoms. The first-order valence-electron chi connectivity index (χ1n) is 10.4. The van der Waals surface area contributed by atoms with Gasteiger partial charge in [-0.1, -0.05) is 46.2 Å². The highest BCUT2D eigenvalue weighted by Gasteiger charge is 2.49. The monoisotopic (exact) mass is 539 g/mol. The van der Waals surface area contributed by atoms with E-state index in [0.29, 0.717) is 5.56 Å². The van der Waals surface area contributed by atoms with Gasteiger partial charge in [-0.05, 0) is 29.2 Å². The third-order valence-corrected chi connectivity index (χ3v) is 5.10. The van der Waals surface area contributed by atoms with Gasteiger partial charge in [-0.15, -0.1) is 10.1 Å². The average molecular weight is 540 g/mol. The summed E-state index contributed by atoms with van der Waals surface area (Å²) in [5.74, 6) is -1.54. The molecule has 1 aliphatic rings. The van der Waals surface area contributed by atoms with E-state index in [9.17, 15) is 32.9 Å². The Labute approximate surface area is 209 Å². The van der Waals surface area contributed by atoms with E-state index in [4.69, 9.17) is 21.1 Å². The highest BCUT2D eigenvalue weighted by molar-refractivity contribution is 6.31. The van der Waals surface area contributed by atoms with E-state index in [0.717, 1.165) is 6.08 Å². The van der Waals surface area contributed by atoms with Crippen molar-refractivity contribution in [2.24, 2.45) is 5.41 Å². The minimum absolute atomic E-state index is 0.105. The Bertz CT molecular complexity index is 1050. The quantitative estimate of drug-likeness (QED) is 0.189. The summed E-state index contributed by atoms with van der Waals surface area (Å²) >= 11 is 6.28. The first-order valence-corrected chi connectivity index (χ1v) is 10.8. The van der Waals surface area contributed by atoms with Gasteiger partial charge in [0.1, 0.15) is 19.0 Å². The Morgan fingerprint density at radius 1 is 1.08 bits per heavy atom. The molecule has 0 aliphatic carbocycles. The lowest BCUT2D eigenvalue weighted by Gasteiger charge is -2.30. The third-order valence-electron chi connectivity index (χ3n) is 4.79. The number of carbonyl (C=O) groups excluding carboxylic acids is 2. The van der Waals surface area contributed by atoms with E-state index in [1.807, 2.05) is 20.8 Å². The van der Waals surface area contributed by atoms with E-state index in [1.165, 1.54) is 26.0 Å². The third kappa shape index (κ3) is 7.90. The van der Waals surface area contributed by atoms with Crippen LogP contribution in [0.2, 0.25) is 5.02 Å². The molecule has 0 bridgehead atoms. The van der Waals surface area contributed by atoms with Crippen molar-refractivity contribution in [3.63, 3.8) is 0 Å². The fourth-order valence-corrected chi connectivity index (χ4v) is 3.44. The second-order valence-corrected chi connectivity index (χ2v) is 10.1. The first-order chi connectivity index (χ1) is 16.4. The van der Waals surface area contributed by atoms with Gasteiger partial charge in [0, 0.05) is 16.0 Å². The Kier molecular flexibility index (Phi) is 8.71. The van der Waals surface area contributed by atoms with Crippen LogP contribution in [0.4, 0.5) is 18.0 Å². The zero-order valence-corrected chi connectivity index (χ0v) is 20.8. The summed E-state index contributed by atoms with van der Waals surface area (Å²) < 4.78 is 60.1. The van der Waals surface area contributed by atoms with Crippen LogP contribution in [-0.4, -0.2) is 49.5 Å². The van der Waals surface area contributed by atoms with Crippen LogP contribution in [-0.2, 0) is 29.3 Å². The largest absolute Gasteiger partial charge is 0.511 e. The molecule has 0 spiro atoms. The van der Waals surface area contributed by atoms with Gasteiger partial charge in [-0.25, -0.2) is 9.59 Å². The van der Waals surface area contributed by atoms with E-state index in [-0.39, 0.29) is 29.5 Å². The lowest BCUT2D eigenvalue weighted by Crippen LogP contribution is -2.41. The maximum atomic E-state index is 13.7.